The van der Waals surface area contributed by atoms with Crippen LogP contribution < -0.4 is 5.43 Å². The average Bonchev–Trinajstić information content (AvgIpc) is 3.07. The lowest BCUT2D eigenvalue weighted by Crippen LogP contribution is -2.36. The maximum Gasteiger partial charge on any atom is 0.279 e. The van der Waals surface area contributed by atoms with Crippen molar-refractivity contribution in [3.63, 3.8) is 0 Å². The third-order valence-electron chi connectivity index (χ3n) is 3.99. The molecule has 0 atom stereocenters. The van der Waals surface area contributed by atoms with Crippen molar-refractivity contribution >= 4 is 40.4 Å². The molecule has 0 aliphatic rings. The molecule has 3 rings (SSSR count). The second-order valence-corrected chi connectivity index (χ2v) is 8.30. The van der Waals surface area contributed by atoms with Crippen molar-refractivity contribution in [2.75, 3.05) is 6.54 Å². The van der Waals surface area contributed by atoms with Crippen LogP contribution in [0.2, 0.25) is 9.36 Å². The van der Waals surface area contributed by atoms with Crippen molar-refractivity contribution in [3.05, 3.63) is 91.0 Å². The summed E-state index contributed by atoms with van der Waals surface area (Å²) in [5.41, 5.74) is 0.747. The van der Waals surface area contributed by atoms with Crippen molar-refractivity contribution in [3.8, 4) is 5.69 Å². The Labute approximate surface area is 176 Å². The van der Waals surface area contributed by atoms with E-state index in [0.29, 0.717) is 27.3 Å². The second kappa shape index (κ2) is 8.73. The van der Waals surface area contributed by atoms with E-state index in [1.165, 1.54) is 22.3 Å². The van der Waals surface area contributed by atoms with Crippen LogP contribution in [0.15, 0.2) is 59.9 Å². The van der Waals surface area contributed by atoms with Crippen molar-refractivity contribution in [2.24, 2.45) is 0 Å². The molecule has 0 bridgehead atoms. The zero-order chi connectivity index (χ0) is 20.3. The maximum atomic E-state index is 13.1. The normalized spacial score (nSPS) is 10.7. The number of nitrogens with zero attached hydrogens (tertiary/aromatic N) is 3. The van der Waals surface area contributed by atoms with Crippen LogP contribution >= 0.6 is 34.5 Å². The lowest BCUT2D eigenvalue weighted by molar-refractivity contribution is 0.0755. The molecule has 0 saturated carbocycles. The summed E-state index contributed by atoms with van der Waals surface area (Å²) < 4.78 is 2.19. The number of amides is 1. The monoisotopic (exact) mass is 433 g/mol. The largest absolute Gasteiger partial charge is 0.328 e. The summed E-state index contributed by atoms with van der Waals surface area (Å²) >= 11 is 13.3. The topological polar surface area (TPSA) is 55.2 Å². The zero-order valence-corrected chi connectivity index (χ0v) is 17.4. The van der Waals surface area contributed by atoms with Gasteiger partial charge >= 0.3 is 0 Å². The standard InChI is InChI=1S/C20H17Cl2N3O2S/c1-3-10-24(12-16-8-9-18(22)28-16)20(27)19-17(26)11-13(2)25(23-19)15-6-4-14(21)5-7-15/h3-9,11H,1,10,12H2,2H3. The molecule has 2 heterocycles. The lowest BCUT2D eigenvalue weighted by Gasteiger charge is -2.20. The number of carbonyl (C=O) groups is 1. The van der Waals surface area contributed by atoms with Gasteiger partial charge in [-0.05, 0) is 43.3 Å². The van der Waals surface area contributed by atoms with Crippen LogP contribution in [0.25, 0.3) is 5.69 Å². The predicted molar refractivity (Wildman–Crippen MR) is 114 cm³/mol. The number of hydrogen-bond acceptors (Lipinski definition) is 4. The van der Waals surface area contributed by atoms with Crippen LogP contribution in [0, 0.1) is 6.92 Å². The third-order valence-corrected chi connectivity index (χ3v) is 5.46. The fourth-order valence-corrected chi connectivity index (χ4v) is 3.92. The van der Waals surface area contributed by atoms with Crippen LogP contribution in [0.5, 0.6) is 0 Å². The van der Waals surface area contributed by atoms with Crippen LogP contribution in [0.3, 0.4) is 0 Å². The smallest absolute Gasteiger partial charge is 0.279 e. The van der Waals surface area contributed by atoms with Gasteiger partial charge in [0, 0.05) is 28.2 Å². The van der Waals surface area contributed by atoms with Gasteiger partial charge < -0.3 is 4.90 Å². The summed E-state index contributed by atoms with van der Waals surface area (Å²) in [7, 11) is 0. The van der Waals surface area contributed by atoms with Crippen molar-refractivity contribution < 1.29 is 4.79 Å². The average molecular weight is 434 g/mol. The Bertz CT molecular complexity index is 1070. The van der Waals surface area contributed by atoms with Gasteiger partial charge in [0.25, 0.3) is 5.91 Å². The van der Waals surface area contributed by atoms with Crippen LogP contribution in [0.4, 0.5) is 0 Å². The molecule has 0 radical (unpaired) electrons. The molecular formula is C20H17Cl2N3O2S. The van der Waals surface area contributed by atoms with Crippen molar-refractivity contribution in [1.82, 2.24) is 14.7 Å². The number of hydrogen-bond donors (Lipinski definition) is 0. The van der Waals surface area contributed by atoms with E-state index >= 15 is 0 Å². The molecule has 0 fully saturated rings. The third kappa shape index (κ3) is 4.52. The maximum absolute atomic E-state index is 13.1. The molecule has 0 aliphatic carbocycles. The SMILES string of the molecule is C=CCN(Cc1ccc(Cl)s1)C(=O)c1nn(-c2ccc(Cl)cc2)c(C)cc1=O. The van der Waals surface area contributed by atoms with E-state index in [1.54, 1.807) is 48.0 Å². The first-order valence-corrected chi connectivity index (χ1v) is 9.97. The van der Waals surface area contributed by atoms with Gasteiger partial charge in [0.2, 0.25) is 5.43 Å². The number of carbonyl (C=O) groups excluding carboxylic acids is 1. The van der Waals surface area contributed by atoms with E-state index in [-0.39, 0.29) is 12.2 Å². The first-order chi connectivity index (χ1) is 13.4. The highest BCUT2D eigenvalue weighted by Crippen LogP contribution is 2.23. The first-order valence-electron chi connectivity index (χ1n) is 8.40. The van der Waals surface area contributed by atoms with Gasteiger partial charge in [0.15, 0.2) is 5.69 Å². The molecule has 28 heavy (non-hydrogen) atoms. The Kier molecular flexibility index (Phi) is 6.34. The quantitative estimate of drug-likeness (QED) is 0.527. The highest BCUT2D eigenvalue weighted by molar-refractivity contribution is 7.16. The van der Waals surface area contributed by atoms with Crippen LogP contribution in [0.1, 0.15) is 21.1 Å². The molecule has 144 valence electrons. The van der Waals surface area contributed by atoms with Gasteiger partial charge in [-0.25, -0.2) is 4.68 Å². The number of aryl methyl sites for hydroxylation is 1. The van der Waals surface area contributed by atoms with E-state index in [2.05, 4.69) is 11.7 Å². The molecule has 2 aromatic heterocycles. The Morgan fingerprint density at radius 2 is 1.96 bits per heavy atom. The highest BCUT2D eigenvalue weighted by atomic mass is 35.5. The van der Waals surface area contributed by atoms with Crippen LogP contribution in [-0.4, -0.2) is 27.1 Å². The number of benzene rings is 1. The van der Waals surface area contributed by atoms with E-state index in [4.69, 9.17) is 23.2 Å². The minimum absolute atomic E-state index is 0.148. The van der Waals surface area contributed by atoms with Gasteiger partial charge in [-0.1, -0.05) is 29.3 Å². The lowest BCUT2D eigenvalue weighted by atomic mass is 10.2. The van der Waals surface area contributed by atoms with Gasteiger partial charge in [-0.3, -0.25) is 9.59 Å². The summed E-state index contributed by atoms with van der Waals surface area (Å²) in [6.07, 6.45) is 1.61. The fraction of sp³-hybridized carbons (Fsp3) is 0.150. The fourth-order valence-electron chi connectivity index (χ4n) is 2.69. The molecule has 0 N–H and O–H groups in total. The number of halogens is 2. The van der Waals surface area contributed by atoms with E-state index in [0.717, 1.165) is 4.88 Å². The van der Waals surface area contributed by atoms with E-state index in [9.17, 15) is 9.59 Å². The first kappa shape index (κ1) is 20.3. The van der Waals surface area contributed by atoms with Crippen LogP contribution in [-0.2, 0) is 6.54 Å². The number of thiophene rings is 1. The Hall–Kier alpha value is -2.41. The second-order valence-electron chi connectivity index (χ2n) is 6.07. The minimum atomic E-state index is -0.461. The van der Waals surface area contributed by atoms with Gasteiger partial charge in [-0.2, -0.15) is 5.10 Å². The molecule has 1 amide bonds. The summed E-state index contributed by atoms with van der Waals surface area (Å²) in [6, 6.07) is 12.0. The Morgan fingerprint density at radius 3 is 2.57 bits per heavy atom. The molecule has 3 aromatic rings. The Morgan fingerprint density at radius 1 is 1.25 bits per heavy atom. The highest BCUT2D eigenvalue weighted by Gasteiger charge is 2.22. The molecule has 0 saturated heterocycles. The van der Waals surface area contributed by atoms with Gasteiger partial charge in [0.05, 0.1) is 16.6 Å². The van der Waals surface area contributed by atoms with Crippen molar-refractivity contribution in [1.29, 1.82) is 0 Å². The number of rotatable bonds is 6. The van der Waals surface area contributed by atoms with Gasteiger partial charge in [-0.15, -0.1) is 17.9 Å². The molecule has 0 aliphatic heterocycles. The molecule has 8 heteroatoms. The number of aromatic nitrogens is 2. The molecule has 1 aromatic carbocycles. The van der Waals surface area contributed by atoms with Crippen molar-refractivity contribution in [2.45, 2.75) is 13.5 Å². The predicted octanol–water partition coefficient (Wildman–Crippen LogP) is 4.74. The zero-order valence-electron chi connectivity index (χ0n) is 15.1. The minimum Gasteiger partial charge on any atom is -0.328 e. The Balaban J connectivity index is 1.98. The van der Waals surface area contributed by atoms with E-state index < -0.39 is 11.3 Å². The van der Waals surface area contributed by atoms with Gasteiger partial charge in [0.1, 0.15) is 0 Å². The summed E-state index contributed by atoms with van der Waals surface area (Å²) in [5.74, 6) is -0.461. The summed E-state index contributed by atoms with van der Waals surface area (Å²) in [5, 5.41) is 4.92. The molecule has 0 unspecified atom stereocenters. The summed E-state index contributed by atoms with van der Waals surface area (Å²) in [6.45, 7) is 6.06. The van der Waals surface area contributed by atoms with E-state index in [1.807, 2.05) is 6.07 Å². The molecule has 5 nitrogen and oxygen atoms in total. The summed E-state index contributed by atoms with van der Waals surface area (Å²) in [4.78, 5) is 28.0. The molecular weight excluding hydrogens is 417 g/mol. The molecule has 0 spiro atoms.